The molecule has 198 valence electrons. The number of para-hydroxylation sites is 1. The quantitative estimate of drug-likeness (QED) is 0.362. The molecule has 1 aliphatic heterocycles. The van der Waals surface area contributed by atoms with Gasteiger partial charge in [-0.2, -0.15) is 4.98 Å². The van der Waals surface area contributed by atoms with Crippen molar-refractivity contribution in [2.24, 2.45) is 0 Å². The second-order valence-corrected chi connectivity index (χ2v) is 8.60. The molecule has 5 rings (SSSR count). The minimum absolute atomic E-state index is 0.0708. The van der Waals surface area contributed by atoms with E-state index in [9.17, 15) is 13.6 Å². The van der Waals surface area contributed by atoms with Crippen molar-refractivity contribution in [2.75, 3.05) is 57.2 Å². The molecule has 12 heteroatoms. The van der Waals surface area contributed by atoms with Gasteiger partial charge in [-0.15, -0.1) is 0 Å². The predicted octanol–water partition coefficient (Wildman–Crippen LogP) is 3.42. The molecule has 4 aromatic rings. The molecule has 2 aromatic heterocycles. The number of aromatic nitrogens is 4. The number of hydrogen-bond acceptors (Lipinski definition) is 8. The van der Waals surface area contributed by atoms with E-state index < -0.39 is 12.2 Å². The molecular weight excluding hydrogens is 496 g/mol. The Hall–Kier alpha value is -4.16. The van der Waals surface area contributed by atoms with Gasteiger partial charge in [0, 0.05) is 30.4 Å². The minimum Gasteiger partial charge on any atom is -0.494 e. The fraction of sp³-hybridized carbons (Fsp3) is 0.308. The number of carbonyl (C=O) groups excluding carboxylic acids is 1. The molecule has 38 heavy (non-hydrogen) atoms. The second-order valence-electron chi connectivity index (χ2n) is 8.60. The molecule has 2 aromatic carbocycles. The van der Waals surface area contributed by atoms with Gasteiger partial charge in [-0.25, -0.2) is 18.7 Å². The van der Waals surface area contributed by atoms with E-state index in [1.165, 1.54) is 11.7 Å². The van der Waals surface area contributed by atoms with Crippen molar-refractivity contribution in [3.8, 4) is 23.0 Å². The fourth-order valence-electron chi connectivity index (χ4n) is 4.33. The normalized spacial score (nSPS) is 13.8. The van der Waals surface area contributed by atoms with E-state index in [0.29, 0.717) is 60.3 Å². The zero-order valence-electron chi connectivity index (χ0n) is 20.9. The molecule has 0 saturated carbocycles. The average molecular weight is 524 g/mol. The van der Waals surface area contributed by atoms with Gasteiger partial charge in [0.2, 0.25) is 11.9 Å². The largest absolute Gasteiger partial charge is 0.494 e. The highest BCUT2D eigenvalue weighted by atomic mass is 19.3. The number of imidazole rings is 1. The summed E-state index contributed by atoms with van der Waals surface area (Å²) < 4.78 is 40.6. The van der Waals surface area contributed by atoms with Gasteiger partial charge in [0.25, 0.3) is 6.43 Å². The summed E-state index contributed by atoms with van der Waals surface area (Å²) in [6.07, 6.45) is -2.87. The van der Waals surface area contributed by atoms with E-state index in [1.54, 1.807) is 37.4 Å². The van der Waals surface area contributed by atoms with Gasteiger partial charge in [-0.3, -0.25) is 9.36 Å². The number of methoxy groups -OCH3 is 1. The van der Waals surface area contributed by atoms with Crippen LogP contribution in [0.1, 0.15) is 12.2 Å². The van der Waals surface area contributed by atoms with Gasteiger partial charge >= 0.3 is 0 Å². The third-order valence-corrected chi connectivity index (χ3v) is 6.13. The Morgan fingerprint density at radius 3 is 2.55 bits per heavy atom. The number of nitrogens with zero attached hydrogens (tertiary/aromatic N) is 5. The van der Waals surface area contributed by atoms with Crippen molar-refractivity contribution >= 4 is 28.4 Å². The lowest BCUT2D eigenvalue weighted by Crippen LogP contribution is -2.37. The zero-order valence-corrected chi connectivity index (χ0v) is 20.9. The van der Waals surface area contributed by atoms with Crippen molar-refractivity contribution in [3.05, 3.63) is 54.4 Å². The highest BCUT2D eigenvalue weighted by Gasteiger charge is 2.25. The smallest absolute Gasteiger partial charge is 0.296 e. The third-order valence-electron chi connectivity index (χ3n) is 6.13. The average Bonchev–Trinajstić information content (AvgIpc) is 3.34. The lowest BCUT2D eigenvalue weighted by molar-refractivity contribution is -0.115. The van der Waals surface area contributed by atoms with Gasteiger partial charge in [0.15, 0.2) is 5.82 Å². The van der Waals surface area contributed by atoms with E-state index in [1.807, 2.05) is 23.1 Å². The van der Waals surface area contributed by atoms with Crippen LogP contribution in [0.3, 0.4) is 0 Å². The van der Waals surface area contributed by atoms with Crippen molar-refractivity contribution in [2.45, 2.75) is 6.43 Å². The Kier molecular flexibility index (Phi) is 7.43. The molecule has 1 aliphatic rings. The number of anilines is 2. The first-order valence-electron chi connectivity index (χ1n) is 12.1. The first-order valence-corrected chi connectivity index (χ1v) is 12.1. The molecule has 0 atom stereocenters. The van der Waals surface area contributed by atoms with Crippen molar-refractivity contribution in [1.82, 2.24) is 24.8 Å². The molecular formula is C26H27F2N7O3. The zero-order chi connectivity index (χ0) is 26.6. The maximum atomic E-state index is 14.2. The molecule has 2 N–H and O–H groups in total. The van der Waals surface area contributed by atoms with Crippen molar-refractivity contribution < 1.29 is 23.0 Å². The third kappa shape index (κ3) is 5.13. The number of nitrogens with one attached hydrogen (secondary N) is 2. The first kappa shape index (κ1) is 25.5. The number of alkyl halides is 2. The molecule has 0 bridgehead atoms. The van der Waals surface area contributed by atoms with E-state index in [0.717, 1.165) is 5.56 Å². The molecule has 0 unspecified atom stereocenters. The standard InChI is InChI=1S/C26H27F2N7O3/c1-29-15-22(36)30-17-8-6-16(7-9-17)18-14-21(34-10-12-38-13-11-34)32-26(31-18)35-19-4-3-5-20(37-2)23(19)33-25(35)24(27)28/h3-9,14,24,29H,10-13,15H2,1-2H3,(H,30,36). The van der Waals surface area contributed by atoms with Gasteiger partial charge in [0.1, 0.15) is 17.1 Å². The molecule has 3 heterocycles. The van der Waals surface area contributed by atoms with Crippen molar-refractivity contribution in [1.29, 1.82) is 0 Å². The number of morpholine rings is 1. The minimum atomic E-state index is -2.87. The lowest BCUT2D eigenvalue weighted by Gasteiger charge is -2.28. The van der Waals surface area contributed by atoms with Gasteiger partial charge in [-0.1, -0.05) is 18.2 Å². The Labute approximate surface area is 217 Å². The lowest BCUT2D eigenvalue weighted by atomic mass is 10.1. The van der Waals surface area contributed by atoms with Crippen LogP contribution >= 0.6 is 0 Å². The summed E-state index contributed by atoms with van der Waals surface area (Å²) in [4.78, 5) is 27.5. The summed E-state index contributed by atoms with van der Waals surface area (Å²) >= 11 is 0. The van der Waals surface area contributed by atoms with Gasteiger partial charge < -0.3 is 25.0 Å². The van der Waals surface area contributed by atoms with Crippen LogP contribution in [0, 0.1) is 0 Å². The highest BCUT2D eigenvalue weighted by Crippen LogP contribution is 2.33. The Morgan fingerprint density at radius 1 is 1.11 bits per heavy atom. The van der Waals surface area contributed by atoms with Crippen LogP contribution in [0.4, 0.5) is 20.3 Å². The number of likely N-dealkylation sites (N-methyl/N-ethyl adjacent to an activating group) is 1. The summed E-state index contributed by atoms with van der Waals surface area (Å²) in [5, 5.41) is 5.61. The number of hydrogen-bond donors (Lipinski definition) is 2. The molecule has 10 nitrogen and oxygen atoms in total. The predicted molar refractivity (Wildman–Crippen MR) is 139 cm³/mol. The Bertz CT molecular complexity index is 1440. The summed E-state index contributed by atoms with van der Waals surface area (Å²) in [5.74, 6) is 0.396. The number of carbonyl (C=O) groups is 1. The van der Waals surface area contributed by atoms with Crippen LogP contribution in [0.5, 0.6) is 5.75 Å². The molecule has 1 fully saturated rings. The maximum Gasteiger partial charge on any atom is 0.296 e. The van der Waals surface area contributed by atoms with Crippen LogP contribution in [0.15, 0.2) is 48.5 Å². The van der Waals surface area contributed by atoms with E-state index in [2.05, 4.69) is 15.6 Å². The second kappa shape index (κ2) is 11.1. The summed E-state index contributed by atoms with van der Waals surface area (Å²) in [5.41, 5.74) is 2.61. The van der Waals surface area contributed by atoms with E-state index in [-0.39, 0.29) is 18.4 Å². The van der Waals surface area contributed by atoms with E-state index >= 15 is 0 Å². The summed E-state index contributed by atoms with van der Waals surface area (Å²) in [6, 6.07) is 14.0. The molecule has 1 amide bonds. The molecule has 0 aliphatic carbocycles. The first-order chi connectivity index (χ1) is 18.5. The van der Waals surface area contributed by atoms with Crippen LogP contribution in [0.2, 0.25) is 0 Å². The number of amides is 1. The molecule has 0 spiro atoms. The topological polar surface area (TPSA) is 106 Å². The SMILES string of the molecule is CNCC(=O)Nc1ccc(-c2cc(N3CCOCC3)nc(-n3c(C(F)F)nc4c(OC)cccc43)n2)cc1. The maximum absolute atomic E-state index is 14.2. The number of ether oxygens (including phenoxy) is 2. The van der Waals surface area contributed by atoms with E-state index in [4.69, 9.17) is 19.4 Å². The Morgan fingerprint density at radius 2 is 1.87 bits per heavy atom. The number of fused-ring (bicyclic) bond motifs is 1. The Balaban J connectivity index is 1.63. The van der Waals surface area contributed by atoms with Crippen molar-refractivity contribution in [3.63, 3.8) is 0 Å². The van der Waals surface area contributed by atoms with Crippen LogP contribution in [-0.2, 0) is 9.53 Å². The number of rotatable bonds is 8. The highest BCUT2D eigenvalue weighted by molar-refractivity contribution is 5.92. The van der Waals surface area contributed by atoms with Crippen LogP contribution in [-0.4, -0.2) is 72.4 Å². The molecule has 1 saturated heterocycles. The fourth-order valence-corrected chi connectivity index (χ4v) is 4.33. The van der Waals surface area contributed by atoms with Crippen LogP contribution < -0.4 is 20.3 Å². The summed E-state index contributed by atoms with van der Waals surface area (Å²) in [6.45, 7) is 2.46. The number of benzene rings is 2. The van der Waals surface area contributed by atoms with Gasteiger partial charge in [0.05, 0.1) is 38.1 Å². The molecule has 0 radical (unpaired) electrons. The number of halogens is 2. The monoisotopic (exact) mass is 523 g/mol. The summed E-state index contributed by atoms with van der Waals surface area (Å²) in [7, 11) is 3.16. The van der Waals surface area contributed by atoms with Crippen LogP contribution in [0.25, 0.3) is 28.2 Å². The van der Waals surface area contributed by atoms with Gasteiger partial charge in [-0.05, 0) is 31.3 Å².